The summed E-state index contributed by atoms with van der Waals surface area (Å²) in [5.74, 6) is 0.113. The predicted octanol–water partition coefficient (Wildman–Crippen LogP) is 1.95. The summed E-state index contributed by atoms with van der Waals surface area (Å²) < 4.78 is 62.0. The number of halogens is 1. The van der Waals surface area contributed by atoms with Crippen molar-refractivity contribution < 1.29 is 31.1 Å². The molecule has 0 aliphatic heterocycles. The van der Waals surface area contributed by atoms with Crippen LogP contribution in [0.4, 0.5) is 5.69 Å². The third kappa shape index (κ3) is 6.75. The first kappa shape index (κ1) is 27.7. The Morgan fingerprint density at radius 1 is 1.09 bits per heavy atom. The fourth-order valence-corrected chi connectivity index (χ4v) is 5.26. The van der Waals surface area contributed by atoms with Crippen LogP contribution in [-0.2, 0) is 24.8 Å². The summed E-state index contributed by atoms with van der Waals surface area (Å²) in [7, 11) is -3.13. The van der Waals surface area contributed by atoms with Crippen LogP contribution < -0.4 is 19.1 Å². The van der Waals surface area contributed by atoms with Gasteiger partial charge in [0.2, 0.25) is 26.0 Å². The van der Waals surface area contributed by atoms with Crippen LogP contribution in [0, 0.1) is 0 Å². The average molecular weight is 534 g/mol. The smallest absolute Gasteiger partial charge is 0.243 e. The van der Waals surface area contributed by atoms with E-state index in [1.165, 1.54) is 64.5 Å². The van der Waals surface area contributed by atoms with Gasteiger partial charge in [0.05, 0.1) is 30.5 Å². The van der Waals surface area contributed by atoms with E-state index in [-0.39, 0.29) is 34.5 Å². The van der Waals surface area contributed by atoms with E-state index in [4.69, 9.17) is 21.1 Å². The minimum atomic E-state index is -3.86. The van der Waals surface area contributed by atoms with Crippen molar-refractivity contribution in [2.24, 2.45) is 0 Å². The van der Waals surface area contributed by atoms with E-state index in [9.17, 15) is 21.6 Å². The van der Waals surface area contributed by atoms with E-state index >= 15 is 0 Å². The number of rotatable bonds is 11. The highest BCUT2D eigenvalue weighted by molar-refractivity contribution is 7.92. The van der Waals surface area contributed by atoms with E-state index in [1.807, 2.05) is 0 Å². The zero-order valence-corrected chi connectivity index (χ0v) is 21.9. The molecule has 0 fully saturated rings. The van der Waals surface area contributed by atoms with Crippen molar-refractivity contribution in [3.8, 4) is 11.5 Å². The number of carbonyl (C=O) groups excluding carboxylic acids is 1. The number of ether oxygens (including phenoxy) is 2. The molecule has 1 N–H and O–H groups in total. The Kier molecular flexibility index (Phi) is 9.17. The van der Waals surface area contributed by atoms with Gasteiger partial charge in [0.15, 0.2) is 0 Å². The van der Waals surface area contributed by atoms with Gasteiger partial charge in [-0.25, -0.2) is 21.1 Å². The minimum absolute atomic E-state index is 0.0810. The van der Waals surface area contributed by atoms with E-state index in [0.717, 1.165) is 14.9 Å². The quantitative estimate of drug-likeness (QED) is 0.438. The molecule has 10 nitrogen and oxygen atoms in total. The van der Waals surface area contributed by atoms with Gasteiger partial charge in [0.1, 0.15) is 24.1 Å². The summed E-state index contributed by atoms with van der Waals surface area (Å²) in [6.07, 6.45) is 0.987. The first-order valence-electron chi connectivity index (χ1n) is 10.0. The van der Waals surface area contributed by atoms with Crippen LogP contribution in [0.5, 0.6) is 11.5 Å². The second-order valence-electron chi connectivity index (χ2n) is 7.45. The Balaban J connectivity index is 2.03. The van der Waals surface area contributed by atoms with Crippen molar-refractivity contribution in [1.82, 2.24) is 9.62 Å². The highest BCUT2D eigenvalue weighted by Gasteiger charge is 2.31. The second kappa shape index (κ2) is 11.3. The maximum absolute atomic E-state index is 12.7. The lowest BCUT2D eigenvalue weighted by Crippen LogP contribution is -2.48. The molecule has 2 rings (SSSR count). The van der Waals surface area contributed by atoms with E-state index in [2.05, 4.69) is 5.32 Å². The SMILES string of the molecule is COc1ccc(Cl)cc1N([C@H](C)C(=O)NCCOc1ccc(S(=O)(=O)N(C)C)cc1)S(C)(=O)=O. The molecule has 0 spiro atoms. The molecule has 0 bridgehead atoms. The molecule has 0 aromatic heterocycles. The minimum Gasteiger partial charge on any atom is -0.495 e. The molecule has 2 aromatic rings. The topological polar surface area (TPSA) is 122 Å². The lowest BCUT2D eigenvalue weighted by Gasteiger charge is -2.29. The van der Waals surface area contributed by atoms with Crippen LogP contribution in [0.2, 0.25) is 5.02 Å². The number of amides is 1. The first-order valence-corrected chi connectivity index (χ1v) is 13.7. The van der Waals surface area contributed by atoms with Gasteiger partial charge < -0.3 is 14.8 Å². The number of hydrogen-bond acceptors (Lipinski definition) is 7. The van der Waals surface area contributed by atoms with Crippen LogP contribution in [0.3, 0.4) is 0 Å². The Morgan fingerprint density at radius 2 is 1.71 bits per heavy atom. The van der Waals surface area contributed by atoms with Gasteiger partial charge in [0.25, 0.3) is 0 Å². The van der Waals surface area contributed by atoms with Gasteiger partial charge in [-0.3, -0.25) is 9.10 Å². The van der Waals surface area contributed by atoms with Crippen LogP contribution in [0.1, 0.15) is 6.92 Å². The molecule has 0 unspecified atom stereocenters. The summed E-state index contributed by atoms with van der Waals surface area (Å²) in [5.41, 5.74) is 0.143. The van der Waals surface area contributed by atoms with Gasteiger partial charge in [-0.15, -0.1) is 0 Å². The number of benzene rings is 2. The third-order valence-corrected chi connectivity index (χ3v) is 8.03. The number of methoxy groups -OCH3 is 1. The Bertz CT molecular complexity index is 1220. The monoisotopic (exact) mass is 533 g/mol. The number of anilines is 1. The molecule has 1 amide bonds. The van der Waals surface area contributed by atoms with Crippen molar-refractivity contribution in [3.05, 3.63) is 47.5 Å². The molecular weight excluding hydrogens is 506 g/mol. The zero-order chi connectivity index (χ0) is 25.7. The third-order valence-electron chi connectivity index (χ3n) is 4.74. The van der Waals surface area contributed by atoms with Gasteiger partial charge in [-0.1, -0.05) is 11.6 Å². The summed E-state index contributed by atoms with van der Waals surface area (Å²) in [6.45, 7) is 1.62. The van der Waals surface area contributed by atoms with Crippen molar-refractivity contribution in [2.75, 3.05) is 44.9 Å². The Morgan fingerprint density at radius 3 is 2.24 bits per heavy atom. The fourth-order valence-electron chi connectivity index (χ4n) is 3.03. The highest BCUT2D eigenvalue weighted by atomic mass is 35.5. The largest absolute Gasteiger partial charge is 0.495 e. The van der Waals surface area contributed by atoms with Crippen molar-refractivity contribution >= 4 is 43.2 Å². The number of nitrogens with one attached hydrogen (secondary N) is 1. The highest BCUT2D eigenvalue weighted by Crippen LogP contribution is 2.34. The Hall–Kier alpha value is -2.54. The lowest BCUT2D eigenvalue weighted by molar-refractivity contribution is -0.121. The van der Waals surface area contributed by atoms with E-state index in [1.54, 1.807) is 6.07 Å². The molecular formula is C21H28ClN3O7S2. The summed E-state index contributed by atoms with van der Waals surface area (Å²) in [6, 6.07) is 9.25. The van der Waals surface area contributed by atoms with E-state index < -0.39 is 32.0 Å². The lowest BCUT2D eigenvalue weighted by atomic mass is 10.2. The van der Waals surface area contributed by atoms with E-state index in [0.29, 0.717) is 5.75 Å². The molecule has 13 heteroatoms. The molecule has 0 radical (unpaired) electrons. The van der Waals surface area contributed by atoms with Gasteiger partial charge in [0, 0.05) is 19.1 Å². The van der Waals surface area contributed by atoms with Crippen molar-refractivity contribution in [3.63, 3.8) is 0 Å². The first-order chi connectivity index (χ1) is 15.8. The van der Waals surface area contributed by atoms with Crippen LogP contribution in [0.25, 0.3) is 0 Å². The van der Waals surface area contributed by atoms with Crippen LogP contribution >= 0.6 is 11.6 Å². The number of sulfonamides is 2. The van der Waals surface area contributed by atoms with Gasteiger partial charge in [-0.05, 0) is 49.4 Å². The van der Waals surface area contributed by atoms with Crippen molar-refractivity contribution in [2.45, 2.75) is 17.9 Å². The van der Waals surface area contributed by atoms with Crippen LogP contribution in [-0.4, -0.2) is 73.7 Å². The molecule has 0 aliphatic rings. The molecule has 0 saturated heterocycles. The number of hydrogen-bond donors (Lipinski definition) is 1. The Labute approximate surface area is 205 Å². The van der Waals surface area contributed by atoms with Gasteiger partial charge in [-0.2, -0.15) is 0 Å². The van der Waals surface area contributed by atoms with Crippen LogP contribution in [0.15, 0.2) is 47.4 Å². The molecule has 2 aromatic carbocycles. The molecule has 188 valence electrons. The summed E-state index contributed by atoms with van der Waals surface area (Å²) in [5, 5.41) is 2.92. The maximum atomic E-state index is 12.7. The number of carbonyl (C=O) groups is 1. The number of nitrogens with zero attached hydrogens (tertiary/aromatic N) is 2. The molecule has 0 aliphatic carbocycles. The second-order valence-corrected chi connectivity index (χ2v) is 11.9. The van der Waals surface area contributed by atoms with Gasteiger partial charge >= 0.3 is 0 Å². The molecule has 0 heterocycles. The average Bonchev–Trinajstić information content (AvgIpc) is 2.76. The molecule has 0 saturated carbocycles. The molecule has 34 heavy (non-hydrogen) atoms. The summed E-state index contributed by atoms with van der Waals surface area (Å²) in [4.78, 5) is 12.8. The predicted molar refractivity (Wildman–Crippen MR) is 131 cm³/mol. The standard InChI is InChI=1S/C21H28ClN3O7S2/c1-15(25(33(5,27)28)19-14-16(22)6-11-20(19)31-4)21(26)23-12-13-32-17-7-9-18(10-8-17)34(29,30)24(2)3/h6-11,14-15H,12-13H2,1-5H3,(H,23,26)/t15-/m1/s1. The normalized spacial score (nSPS) is 12.8. The zero-order valence-electron chi connectivity index (χ0n) is 19.5. The summed E-state index contributed by atoms with van der Waals surface area (Å²) >= 11 is 6.03. The maximum Gasteiger partial charge on any atom is 0.243 e. The molecule has 1 atom stereocenters. The fraction of sp³-hybridized carbons (Fsp3) is 0.381. The van der Waals surface area contributed by atoms with Crippen molar-refractivity contribution in [1.29, 1.82) is 0 Å².